The predicted molar refractivity (Wildman–Crippen MR) is 72.4 cm³/mol. The van der Waals surface area contributed by atoms with Gasteiger partial charge in [-0.05, 0) is 24.6 Å². The third kappa shape index (κ3) is 6.03. The minimum Gasteiger partial charge on any atom is -0.490 e. The van der Waals surface area contributed by atoms with Gasteiger partial charge in [-0.1, -0.05) is 6.07 Å². The van der Waals surface area contributed by atoms with Crippen molar-refractivity contribution in [3.05, 3.63) is 23.8 Å². The topological polar surface area (TPSA) is 73.6 Å². The maximum Gasteiger partial charge on any atom is 0.387 e. The fraction of sp³-hybridized carbons (Fsp3) is 0.417. The highest BCUT2D eigenvalue weighted by Crippen LogP contribution is 2.29. The molecule has 0 atom stereocenters. The number of benzene rings is 1. The van der Waals surface area contributed by atoms with E-state index in [0.29, 0.717) is 12.2 Å². The lowest BCUT2D eigenvalue weighted by Crippen LogP contribution is -2.29. The minimum absolute atomic E-state index is 0. The van der Waals surface area contributed by atoms with E-state index in [2.05, 4.69) is 10.1 Å². The van der Waals surface area contributed by atoms with E-state index in [0.717, 1.165) is 0 Å². The molecule has 5 nitrogen and oxygen atoms in total. The molecule has 0 spiro atoms. The summed E-state index contributed by atoms with van der Waals surface area (Å²) in [6.07, 6.45) is 0. The normalized spacial score (nSPS) is 9.85. The SMILES string of the molecule is CCOc1cc(CNC(=O)CN)ccc1OC(F)F.Cl. The van der Waals surface area contributed by atoms with Gasteiger partial charge in [0, 0.05) is 6.54 Å². The molecule has 20 heavy (non-hydrogen) atoms. The molecule has 0 fully saturated rings. The monoisotopic (exact) mass is 310 g/mol. The standard InChI is InChI=1S/C12H16F2N2O3.ClH/c1-2-18-10-5-8(7-16-11(17)6-15)3-4-9(10)19-12(13)14;/h3-5,12H,2,6-7,15H2,1H3,(H,16,17);1H. The van der Waals surface area contributed by atoms with Crippen LogP contribution in [0.5, 0.6) is 11.5 Å². The van der Waals surface area contributed by atoms with Crippen LogP contribution in [0.2, 0.25) is 0 Å². The van der Waals surface area contributed by atoms with Gasteiger partial charge in [-0.2, -0.15) is 8.78 Å². The average molecular weight is 311 g/mol. The Labute approximate surface area is 121 Å². The molecule has 0 unspecified atom stereocenters. The van der Waals surface area contributed by atoms with E-state index in [9.17, 15) is 13.6 Å². The number of hydrogen-bond acceptors (Lipinski definition) is 4. The van der Waals surface area contributed by atoms with E-state index in [1.54, 1.807) is 13.0 Å². The number of rotatable bonds is 7. The van der Waals surface area contributed by atoms with Gasteiger partial charge in [0.25, 0.3) is 0 Å². The highest BCUT2D eigenvalue weighted by atomic mass is 35.5. The largest absolute Gasteiger partial charge is 0.490 e. The minimum atomic E-state index is -2.91. The molecule has 1 aromatic rings. The first-order valence-electron chi connectivity index (χ1n) is 5.74. The van der Waals surface area contributed by atoms with Crippen LogP contribution in [0.3, 0.4) is 0 Å². The number of halogens is 3. The van der Waals surface area contributed by atoms with E-state index in [1.165, 1.54) is 12.1 Å². The van der Waals surface area contributed by atoms with Crippen LogP contribution in [-0.2, 0) is 11.3 Å². The molecule has 1 rings (SSSR count). The van der Waals surface area contributed by atoms with Crippen molar-refractivity contribution in [1.29, 1.82) is 0 Å². The first-order valence-corrected chi connectivity index (χ1v) is 5.74. The Bertz CT molecular complexity index is 433. The van der Waals surface area contributed by atoms with Crippen molar-refractivity contribution in [2.45, 2.75) is 20.1 Å². The van der Waals surface area contributed by atoms with Gasteiger partial charge < -0.3 is 20.5 Å². The van der Waals surface area contributed by atoms with Crippen LogP contribution in [0.15, 0.2) is 18.2 Å². The molecule has 0 aliphatic rings. The number of amides is 1. The van der Waals surface area contributed by atoms with Gasteiger partial charge in [0.2, 0.25) is 5.91 Å². The molecule has 1 amide bonds. The summed E-state index contributed by atoms with van der Waals surface area (Å²) in [4.78, 5) is 11.0. The Kier molecular flexibility index (Phi) is 8.58. The number of carbonyl (C=O) groups is 1. The molecule has 1 aromatic carbocycles. The van der Waals surface area contributed by atoms with Gasteiger partial charge in [-0.3, -0.25) is 4.79 Å². The van der Waals surface area contributed by atoms with E-state index >= 15 is 0 Å². The first-order chi connectivity index (χ1) is 9.06. The molecule has 0 aliphatic heterocycles. The number of carbonyl (C=O) groups excluding carboxylic acids is 1. The smallest absolute Gasteiger partial charge is 0.387 e. The summed E-state index contributed by atoms with van der Waals surface area (Å²) >= 11 is 0. The fourth-order valence-electron chi connectivity index (χ4n) is 1.40. The van der Waals surface area contributed by atoms with E-state index < -0.39 is 6.61 Å². The Balaban J connectivity index is 0.00000361. The van der Waals surface area contributed by atoms with E-state index in [1.807, 2.05) is 0 Å². The van der Waals surface area contributed by atoms with E-state index in [-0.39, 0.29) is 42.9 Å². The van der Waals surface area contributed by atoms with Crippen LogP contribution in [0.4, 0.5) is 8.78 Å². The molecule has 8 heteroatoms. The summed E-state index contributed by atoms with van der Waals surface area (Å²) in [5.41, 5.74) is 5.85. The second kappa shape index (κ2) is 9.33. The molecule has 114 valence electrons. The van der Waals surface area contributed by atoms with Crippen molar-refractivity contribution in [2.75, 3.05) is 13.2 Å². The second-order valence-electron chi connectivity index (χ2n) is 3.57. The summed E-state index contributed by atoms with van der Waals surface area (Å²) < 4.78 is 33.9. The van der Waals surface area contributed by atoms with Gasteiger partial charge in [0.05, 0.1) is 13.2 Å². The van der Waals surface area contributed by atoms with Crippen LogP contribution < -0.4 is 20.5 Å². The molecular weight excluding hydrogens is 294 g/mol. The van der Waals surface area contributed by atoms with Crippen LogP contribution in [0.25, 0.3) is 0 Å². The first kappa shape index (κ1) is 18.4. The Morgan fingerprint density at radius 1 is 1.40 bits per heavy atom. The molecule has 0 radical (unpaired) electrons. The predicted octanol–water partition coefficient (Wildman–Crippen LogP) is 1.68. The average Bonchev–Trinajstić information content (AvgIpc) is 2.38. The Morgan fingerprint density at radius 3 is 2.65 bits per heavy atom. The number of ether oxygens (including phenoxy) is 2. The van der Waals surface area contributed by atoms with Gasteiger partial charge in [-0.15, -0.1) is 12.4 Å². The summed E-state index contributed by atoms with van der Waals surface area (Å²) in [6.45, 7) is -0.731. The fourth-order valence-corrected chi connectivity index (χ4v) is 1.40. The van der Waals surface area contributed by atoms with Crippen LogP contribution >= 0.6 is 12.4 Å². The van der Waals surface area contributed by atoms with Crippen molar-refractivity contribution in [3.8, 4) is 11.5 Å². The molecule has 0 heterocycles. The molecule has 0 aromatic heterocycles. The number of nitrogens with one attached hydrogen (secondary N) is 1. The molecule has 0 saturated heterocycles. The zero-order valence-corrected chi connectivity index (χ0v) is 11.7. The van der Waals surface area contributed by atoms with Crippen molar-refractivity contribution in [1.82, 2.24) is 5.32 Å². The van der Waals surface area contributed by atoms with Gasteiger partial charge >= 0.3 is 6.61 Å². The molecule has 0 saturated carbocycles. The van der Waals surface area contributed by atoms with Crippen molar-refractivity contribution < 1.29 is 23.0 Å². The van der Waals surface area contributed by atoms with Crippen LogP contribution in [-0.4, -0.2) is 25.7 Å². The van der Waals surface area contributed by atoms with Crippen molar-refractivity contribution in [2.24, 2.45) is 5.73 Å². The highest BCUT2D eigenvalue weighted by Gasteiger charge is 2.11. The molecule has 0 aliphatic carbocycles. The van der Waals surface area contributed by atoms with Gasteiger partial charge in [-0.25, -0.2) is 0 Å². The number of nitrogens with two attached hydrogens (primary N) is 1. The van der Waals surface area contributed by atoms with E-state index in [4.69, 9.17) is 10.5 Å². The summed E-state index contributed by atoms with van der Waals surface area (Å²) in [5, 5.41) is 2.57. The number of alkyl halides is 2. The zero-order chi connectivity index (χ0) is 14.3. The van der Waals surface area contributed by atoms with Crippen molar-refractivity contribution in [3.63, 3.8) is 0 Å². The third-order valence-corrected chi connectivity index (χ3v) is 2.20. The summed E-state index contributed by atoms with van der Waals surface area (Å²) in [5.74, 6) is -0.126. The Hall–Kier alpha value is -1.60. The summed E-state index contributed by atoms with van der Waals surface area (Å²) in [6, 6.07) is 4.48. The number of hydrogen-bond donors (Lipinski definition) is 2. The lowest BCUT2D eigenvalue weighted by Gasteiger charge is -2.13. The van der Waals surface area contributed by atoms with Crippen LogP contribution in [0.1, 0.15) is 12.5 Å². The quantitative estimate of drug-likeness (QED) is 0.803. The maximum atomic E-state index is 12.2. The highest BCUT2D eigenvalue weighted by molar-refractivity contribution is 5.85. The molecular formula is C12H17ClF2N2O3. The Morgan fingerprint density at radius 2 is 2.10 bits per heavy atom. The third-order valence-electron chi connectivity index (χ3n) is 2.20. The maximum absolute atomic E-state index is 12.2. The second-order valence-corrected chi connectivity index (χ2v) is 3.57. The molecule has 0 bridgehead atoms. The van der Waals surface area contributed by atoms with Gasteiger partial charge in [0.15, 0.2) is 11.5 Å². The van der Waals surface area contributed by atoms with Crippen LogP contribution in [0, 0.1) is 0 Å². The molecule has 3 N–H and O–H groups in total. The lowest BCUT2D eigenvalue weighted by atomic mass is 10.2. The summed E-state index contributed by atoms with van der Waals surface area (Å²) in [7, 11) is 0. The van der Waals surface area contributed by atoms with Gasteiger partial charge in [0.1, 0.15) is 0 Å². The zero-order valence-electron chi connectivity index (χ0n) is 10.9. The lowest BCUT2D eigenvalue weighted by molar-refractivity contribution is -0.119. The van der Waals surface area contributed by atoms with Crippen molar-refractivity contribution >= 4 is 18.3 Å².